The quantitative estimate of drug-likeness (QED) is 0.189. The van der Waals surface area contributed by atoms with E-state index in [0.717, 1.165) is 51.4 Å². The Kier molecular flexibility index (Phi) is 10.6. The molecule has 8 amide bonds. The largest absolute Gasteiger partial charge is 0.323 e. The fourth-order valence-electron chi connectivity index (χ4n) is 18.3. The van der Waals surface area contributed by atoms with E-state index in [9.17, 15) is 19.2 Å². The Morgan fingerprint density at radius 2 is 0.441 bits per heavy atom. The first kappa shape index (κ1) is 44.7. The fourth-order valence-corrected chi connectivity index (χ4v) is 18.3. The van der Waals surface area contributed by atoms with Gasteiger partial charge in [0.15, 0.2) is 0 Å². The van der Waals surface area contributed by atoms with E-state index < -0.39 is 0 Å². The molecule has 4 aliphatic carbocycles. The van der Waals surface area contributed by atoms with Gasteiger partial charge in [0.1, 0.15) is 0 Å². The number of carbonyl (C=O) groups excluding carboxylic acids is 4. The number of fused-ring (bicyclic) bond motifs is 24. The molecular weight excluding hydrogens is 865 g/mol. The van der Waals surface area contributed by atoms with Crippen molar-refractivity contribution >= 4 is 24.1 Å². The molecule has 20 heteroatoms. The predicted molar refractivity (Wildman–Crippen MR) is 253 cm³/mol. The van der Waals surface area contributed by atoms with Crippen molar-refractivity contribution in [1.82, 2.24) is 81.7 Å². The van der Waals surface area contributed by atoms with Crippen molar-refractivity contribution in [2.45, 2.75) is 177 Å². The minimum absolute atomic E-state index is 0.0000794. The fraction of sp³-hybridized carbons (Fsp3) is 0.917. The highest BCUT2D eigenvalue weighted by molar-refractivity contribution is 5.79. The lowest BCUT2D eigenvalue weighted by molar-refractivity contribution is 0.0837. The molecule has 16 unspecified atom stereocenters. The molecule has 0 aromatic heterocycles. The molecule has 4 saturated carbocycles. The van der Waals surface area contributed by atoms with Gasteiger partial charge in [0.25, 0.3) is 0 Å². The van der Waals surface area contributed by atoms with Crippen molar-refractivity contribution in [3.05, 3.63) is 0 Å². The molecule has 9 heterocycles. The molecule has 13 aliphatic rings. The van der Waals surface area contributed by atoms with Crippen LogP contribution in [-0.4, -0.2) is 215 Å². The number of nitrogens with one attached hydrogen (secondary N) is 8. The number of likely N-dealkylation sites (N-methyl/N-ethyl adjacent to an activating group) is 8. The Morgan fingerprint density at radius 3 is 0.588 bits per heavy atom. The molecule has 68 heavy (non-hydrogen) atoms. The van der Waals surface area contributed by atoms with Crippen LogP contribution in [0.4, 0.5) is 19.2 Å². The summed E-state index contributed by atoms with van der Waals surface area (Å²) in [6.07, 6.45) is 7.43. The summed E-state index contributed by atoms with van der Waals surface area (Å²) in [5.74, 6) is 2.28. The van der Waals surface area contributed by atoms with Crippen molar-refractivity contribution in [2.75, 3.05) is 54.4 Å². The molecule has 9 saturated heterocycles. The van der Waals surface area contributed by atoms with Crippen molar-refractivity contribution in [2.24, 2.45) is 47.3 Å². The highest BCUT2D eigenvalue weighted by Gasteiger charge is 2.63. The molecule has 9 aliphatic heterocycles. The molecule has 376 valence electrons. The smallest absolute Gasteiger partial charge is 0.320 e. The second-order valence-electron chi connectivity index (χ2n) is 23.6. The molecular formula is C48H80N16O4. The van der Waals surface area contributed by atoms with Crippen LogP contribution < -0.4 is 42.5 Å². The van der Waals surface area contributed by atoms with Crippen LogP contribution in [0.2, 0.25) is 0 Å². The molecule has 16 atom stereocenters. The summed E-state index contributed by atoms with van der Waals surface area (Å²) in [6, 6.07) is 1.92. The predicted octanol–water partition coefficient (Wildman–Crippen LogP) is -0.0172. The molecule has 8 N–H and O–H groups in total. The number of amides is 8. The average molecular weight is 945 g/mol. The Bertz CT molecular complexity index is 1770. The monoisotopic (exact) mass is 945 g/mol. The van der Waals surface area contributed by atoms with Crippen LogP contribution >= 0.6 is 0 Å². The van der Waals surface area contributed by atoms with Gasteiger partial charge in [0.2, 0.25) is 0 Å². The second kappa shape index (κ2) is 16.1. The summed E-state index contributed by atoms with van der Waals surface area (Å²) in [6.45, 7) is 11.3. The molecule has 13 rings (SSSR count). The maximum atomic E-state index is 13.8. The van der Waals surface area contributed by atoms with E-state index in [4.69, 9.17) is 0 Å². The van der Waals surface area contributed by atoms with Gasteiger partial charge in [0.05, 0.1) is 97.7 Å². The van der Waals surface area contributed by atoms with Gasteiger partial charge in [-0.2, -0.15) is 0 Å². The van der Waals surface area contributed by atoms with Crippen LogP contribution in [0.3, 0.4) is 0 Å². The Hall–Kier alpha value is -3.24. The summed E-state index contributed by atoms with van der Waals surface area (Å²) < 4.78 is 0. The van der Waals surface area contributed by atoms with Crippen LogP contribution in [0.25, 0.3) is 0 Å². The molecule has 8 bridgehead atoms. The minimum Gasteiger partial charge on any atom is -0.323 e. The van der Waals surface area contributed by atoms with E-state index in [1.54, 1.807) is 0 Å². The molecule has 0 aromatic rings. The van der Waals surface area contributed by atoms with E-state index in [-0.39, 0.29) is 169 Å². The summed E-state index contributed by atoms with van der Waals surface area (Å²) in [5, 5.41) is 34.1. The van der Waals surface area contributed by atoms with Gasteiger partial charge < -0.3 is 39.2 Å². The van der Waals surface area contributed by atoms with Crippen LogP contribution in [0.5, 0.6) is 0 Å². The Morgan fingerprint density at radius 1 is 0.294 bits per heavy atom. The second-order valence-corrected chi connectivity index (χ2v) is 23.6. The van der Waals surface area contributed by atoms with E-state index in [0.29, 0.717) is 26.2 Å². The first-order valence-electron chi connectivity index (χ1n) is 27.0. The zero-order valence-corrected chi connectivity index (χ0v) is 41.6. The van der Waals surface area contributed by atoms with Crippen molar-refractivity contribution in [1.29, 1.82) is 0 Å². The highest BCUT2D eigenvalue weighted by Crippen LogP contribution is 2.51. The zero-order chi connectivity index (χ0) is 46.9. The summed E-state index contributed by atoms with van der Waals surface area (Å²) >= 11 is 0. The topological polar surface area (TPSA) is 190 Å². The van der Waals surface area contributed by atoms with Crippen LogP contribution in [-0.2, 0) is 0 Å². The van der Waals surface area contributed by atoms with E-state index in [1.807, 2.05) is 47.8 Å². The summed E-state index contributed by atoms with van der Waals surface area (Å²) in [7, 11) is 8.03. The van der Waals surface area contributed by atoms with Crippen molar-refractivity contribution in [3.8, 4) is 0 Å². The van der Waals surface area contributed by atoms with E-state index in [1.165, 1.54) is 0 Å². The van der Waals surface area contributed by atoms with Gasteiger partial charge in [-0.15, -0.1) is 0 Å². The van der Waals surface area contributed by atoms with Crippen LogP contribution in [0.1, 0.15) is 79.1 Å². The van der Waals surface area contributed by atoms with Gasteiger partial charge in [0, 0.05) is 54.4 Å². The lowest BCUT2D eigenvalue weighted by atomic mass is 9.71. The zero-order valence-electron chi connectivity index (χ0n) is 41.6. The number of rotatable bonds is 4. The Balaban J connectivity index is 0.887. The van der Waals surface area contributed by atoms with Crippen LogP contribution in [0.15, 0.2) is 0 Å². The lowest BCUT2D eigenvalue weighted by Crippen LogP contribution is -2.62. The van der Waals surface area contributed by atoms with Gasteiger partial charge in [-0.25, -0.2) is 19.2 Å². The molecule has 20 nitrogen and oxygen atoms in total. The van der Waals surface area contributed by atoms with Gasteiger partial charge >= 0.3 is 24.1 Å². The van der Waals surface area contributed by atoms with E-state index in [2.05, 4.69) is 89.8 Å². The standard InChI is InChI=1S/C48H80N16O4/c1-9-61-33-17-25-21(13-29(33)57(5)45(61)65)37-49-41(25)53-38-22-14-30-34(62(10-2)46(66)58(30)6)18-26(22)43(50-38)55-40-24-16-32-36(64(12-4)48(68)60(32)8)20-28(24)44(52-40)56-39-23-15-31-35(19-27(23)42(51-39)54-37)63(11-3)47(67)59(31)7/h21-44,49-56H,9-20H2,1-8H3. The minimum atomic E-state index is -0.000517. The molecule has 0 radical (unpaired) electrons. The van der Waals surface area contributed by atoms with E-state index >= 15 is 0 Å². The van der Waals surface area contributed by atoms with Crippen LogP contribution in [0, 0.1) is 47.3 Å². The molecule has 13 fully saturated rings. The van der Waals surface area contributed by atoms with Gasteiger partial charge in [-0.05, 0) is 126 Å². The van der Waals surface area contributed by atoms with Gasteiger partial charge in [-0.1, -0.05) is 0 Å². The number of nitrogens with zero attached hydrogens (tertiary/aromatic N) is 8. The SMILES string of the molecule is CCN1C(=O)N(C)C2CC3C4NC(NC5NC(NC6NC(NC7NC(N4)C4CC8C(CC74)N(C)C(=O)N8CC)C4CC7C(CC64)N(C)C(=O)N7CC)C4CC6C(CC54)N(C)C(=O)N6CC)C3CC21. The maximum absolute atomic E-state index is 13.8. The normalized spacial score (nSPS) is 51.3. The summed E-state index contributed by atoms with van der Waals surface area (Å²) in [4.78, 5) is 71.6. The number of hydrogen-bond acceptors (Lipinski definition) is 12. The van der Waals surface area contributed by atoms with Crippen molar-refractivity contribution < 1.29 is 19.2 Å². The highest BCUT2D eigenvalue weighted by atomic mass is 16.2. The third-order valence-electron chi connectivity index (χ3n) is 21.5. The third kappa shape index (κ3) is 6.18. The average Bonchev–Trinajstić information content (AvgIpc) is 4.20. The number of hydrogen-bond donors (Lipinski definition) is 8. The summed E-state index contributed by atoms with van der Waals surface area (Å²) in [5.41, 5.74) is 0. The maximum Gasteiger partial charge on any atom is 0.320 e. The van der Waals surface area contributed by atoms with Crippen molar-refractivity contribution in [3.63, 3.8) is 0 Å². The molecule has 0 spiro atoms. The third-order valence-corrected chi connectivity index (χ3v) is 21.5. The Labute approximate surface area is 402 Å². The number of urea groups is 4. The first-order valence-corrected chi connectivity index (χ1v) is 27.0. The lowest BCUT2D eigenvalue weighted by Gasteiger charge is -2.43. The first-order chi connectivity index (χ1) is 32.8. The van der Waals surface area contributed by atoms with Gasteiger partial charge in [-0.3, -0.25) is 42.5 Å². The number of carbonyl (C=O) groups is 4. The molecule has 0 aromatic carbocycles.